The van der Waals surface area contributed by atoms with E-state index in [-0.39, 0.29) is 25.1 Å². The van der Waals surface area contributed by atoms with Gasteiger partial charge in [0.1, 0.15) is 12.4 Å². The summed E-state index contributed by atoms with van der Waals surface area (Å²) >= 11 is 0. The first kappa shape index (κ1) is 16.6. The largest absolute Gasteiger partial charge is 0.497 e. The minimum absolute atomic E-state index is 0.0600. The van der Waals surface area contributed by atoms with Gasteiger partial charge in [0.05, 0.1) is 7.11 Å². The van der Waals surface area contributed by atoms with Gasteiger partial charge in [-0.3, -0.25) is 0 Å². The van der Waals surface area contributed by atoms with Gasteiger partial charge in [0.25, 0.3) is 0 Å². The van der Waals surface area contributed by atoms with E-state index in [1.807, 2.05) is 0 Å². The van der Waals surface area contributed by atoms with Crippen LogP contribution in [0.5, 0.6) is 5.75 Å². The second-order valence-electron chi connectivity index (χ2n) is 4.48. The van der Waals surface area contributed by atoms with E-state index in [0.29, 0.717) is 0 Å². The summed E-state index contributed by atoms with van der Waals surface area (Å²) in [5.41, 5.74) is 0.900. The van der Waals surface area contributed by atoms with E-state index in [1.54, 1.807) is 38.4 Å². The van der Waals surface area contributed by atoms with E-state index < -0.39 is 12.1 Å². The average molecular weight is 293 g/mol. The highest BCUT2D eigenvalue weighted by molar-refractivity contribution is 5.85. The van der Waals surface area contributed by atoms with Gasteiger partial charge in [0.15, 0.2) is 0 Å². The van der Waals surface area contributed by atoms with Gasteiger partial charge in [-0.25, -0.2) is 9.59 Å². The molecule has 6 heteroatoms. The number of methoxy groups -OCH3 is 1. The molecule has 1 rings (SSSR count). The molecule has 0 radical (unpaired) electrons. The first-order valence-corrected chi connectivity index (χ1v) is 6.36. The number of carboxylic acid groups (broad SMARTS) is 1. The third-order valence-electron chi connectivity index (χ3n) is 2.88. The molecule has 0 aliphatic heterocycles. The Labute approximate surface area is 123 Å². The van der Waals surface area contributed by atoms with Crippen LogP contribution in [0.3, 0.4) is 0 Å². The van der Waals surface area contributed by atoms with Crippen molar-refractivity contribution in [2.24, 2.45) is 0 Å². The summed E-state index contributed by atoms with van der Waals surface area (Å²) in [6, 6.07) is 7.17. The Morgan fingerprint density at radius 1 is 1.29 bits per heavy atom. The van der Waals surface area contributed by atoms with Crippen molar-refractivity contribution in [3.8, 4) is 5.75 Å². The number of ether oxygens (including phenoxy) is 2. The van der Waals surface area contributed by atoms with Crippen molar-refractivity contribution in [1.82, 2.24) is 4.90 Å². The molecular weight excluding hydrogens is 274 g/mol. The van der Waals surface area contributed by atoms with Crippen LogP contribution in [0.4, 0.5) is 4.79 Å². The van der Waals surface area contributed by atoms with Crippen molar-refractivity contribution in [2.45, 2.75) is 13.0 Å². The molecule has 21 heavy (non-hydrogen) atoms. The van der Waals surface area contributed by atoms with Crippen LogP contribution in [0, 0.1) is 0 Å². The summed E-state index contributed by atoms with van der Waals surface area (Å²) in [4.78, 5) is 23.6. The third-order valence-corrected chi connectivity index (χ3v) is 2.88. The predicted molar refractivity (Wildman–Crippen MR) is 77.2 cm³/mol. The average Bonchev–Trinajstić information content (AvgIpc) is 2.50. The van der Waals surface area contributed by atoms with Crippen LogP contribution in [0.15, 0.2) is 36.4 Å². The molecule has 0 atom stereocenters. The Morgan fingerprint density at radius 2 is 1.90 bits per heavy atom. The van der Waals surface area contributed by atoms with Crippen LogP contribution < -0.4 is 4.74 Å². The first-order chi connectivity index (χ1) is 9.93. The molecule has 0 heterocycles. The zero-order valence-corrected chi connectivity index (χ0v) is 12.2. The third kappa shape index (κ3) is 5.56. The molecule has 0 aliphatic carbocycles. The SMILES string of the molecule is C=C(CCN(C)C(=O)OCc1ccc(OC)cc1)C(=O)O. The maximum atomic E-state index is 11.7. The summed E-state index contributed by atoms with van der Waals surface area (Å²) in [7, 11) is 3.13. The van der Waals surface area contributed by atoms with E-state index in [9.17, 15) is 9.59 Å². The molecule has 1 N–H and O–H groups in total. The maximum Gasteiger partial charge on any atom is 0.409 e. The highest BCUT2D eigenvalue weighted by Crippen LogP contribution is 2.12. The van der Waals surface area contributed by atoms with Crippen molar-refractivity contribution in [3.63, 3.8) is 0 Å². The van der Waals surface area contributed by atoms with E-state index >= 15 is 0 Å². The van der Waals surface area contributed by atoms with Gasteiger partial charge >= 0.3 is 12.1 Å². The summed E-state index contributed by atoms with van der Waals surface area (Å²) in [5, 5.41) is 8.68. The summed E-state index contributed by atoms with van der Waals surface area (Å²) in [5.74, 6) is -0.329. The number of carboxylic acids is 1. The van der Waals surface area contributed by atoms with E-state index in [1.165, 1.54) is 4.90 Å². The molecule has 1 aromatic rings. The maximum absolute atomic E-state index is 11.7. The van der Waals surface area contributed by atoms with E-state index in [2.05, 4.69) is 6.58 Å². The molecule has 114 valence electrons. The summed E-state index contributed by atoms with van der Waals surface area (Å²) in [6.07, 6.45) is -0.312. The topological polar surface area (TPSA) is 76.1 Å². The number of carbonyl (C=O) groups excluding carboxylic acids is 1. The highest BCUT2D eigenvalue weighted by atomic mass is 16.6. The molecule has 1 aromatic carbocycles. The lowest BCUT2D eigenvalue weighted by Gasteiger charge is -2.17. The zero-order chi connectivity index (χ0) is 15.8. The van der Waals surface area contributed by atoms with E-state index in [4.69, 9.17) is 14.6 Å². The van der Waals surface area contributed by atoms with Crippen molar-refractivity contribution >= 4 is 12.1 Å². The molecule has 0 bridgehead atoms. The predicted octanol–water partition coefficient (Wildman–Crippen LogP) is 2.29. The van der Waals surface area contributed by atoms with Crippen molar-refractivity contribution in [2.75, 3.05) is 20.7 Å². The number of aliphatic carboxylic acids is 1. The Bertz CT molecular complexity index is 509. The van der Waals surface area contributed by atoms with Gasteiger partial charge in [-0.2, -0.15) is 0 Å². The molecule has 1 amide bonds. The normalized spacial score (nSPS) is 9.81. The fraction of sp³-hybridized carbons (Fsp3) is 0.333. The second kappa shape index (κ2) is 7.94. The number of amides is 1. The van der Waals surface area contributed by atoms with Gasteiger partial charge in [-0.1, -0.05) is 18.7 Å². The lowest BCUT2D eigenvalue weighted by atomic mass is 10.2. The number of rotatable bonds is 7. The number of benzene rings is 1. The van der Waals surface area contributed by atoms with Crippen LogP contribution in [0.2, 0.25) is 0 Å². The monoisotopic (exact) mass is 293 g/mol. The lowest BCUT2D eigenvalue weighted by molar-refractivity contribution is -0.132. The van der Waals surface area contributed by atoms with Gasteiger partial charge < -0.3 is 19.5 Å². The van der Waals surface area contributed by atoms with Crippen molar-refractivity contribution < 1.29 is 24.2 Å². The summed E-state index contributed by atoms with van der Waals surface area (Å²) < 4.78 is 10.2. The standard InChI is InChI=1S/C15H19NO5/c1-11(14(17)18)8-9-16(2)15(19)21-10-12-4-6-13(20-3)7-5-12/h4-7H,1,8-10H2,2-3H3,(H,17,18). The molecule has 0 spiro atoms. The lowest BCUT2D eigenvalue weighted by Crippen LogP contribution is -2.29. The minimum Gasteiger partial charge on any atom is -0.497 e. The van der Waals surface area contributed by atoms with Crippen LogP contribution in [0.25, 0.3) is 0 Å². The van der Waals surface area contributed by atoms with Gasteiger partial charge in [0, 0.05) is 19.2 Å². The first-order valence-electron chi connectivity index (χ1n) is 6.36. The van der Waals surface area contributed by atoms with Crippen LogP contribution in [0.1, 0.15) is 12.0 Å². The molecule has 0 unspecified atom stereocenters. The molecule has 0 saturated heterocycles. The Balaban J connectivity index is 2.38. The Hall–Kier alpha value is -2.50. The molecule has 0 aromatic heterocycles. The molecule has 0 saturated carbocycles. The zero-order valence-electron chi connectivity index (χ0n) is 12.2. The van der Waals surface area contributed by atoms with Crippen molar-refractivity contribution in [3.05, 3.63) is 42.0 Å². The Morgan fingerprint density at radius 3 is 2.43 bits per heavy atom. The van der Waals surface area contributed by atoms with E-state index in [0.717, 1.165) is 11.3 Å². The molecule has 0 aliphatic rings. The van der Waals surface area contributed by atoms with Gasteiger partial charge in [-0.15, -0.1) is 0 Å². The molecular formula is C15H19NO5. The fourth-order valence-corrected chi connectivity index (χ4v) is 1.48. The number of hydrogen-bond acceptors (Lipinski definition) is 4. The van der Waals surface area contributed by atoms with Crippen LogP contribution >= 0.6 is 0 Å². The highest BCUT2D eigenvalue weighted by Gasteiger charge is 2.12. The van der Waals surface area contributed by atoms with Gasteiger partial charge in [-0.05, 0) is 24.1 Å². The Kier molecular flexibility index (Phi) is 6.26. The number of hydrogen-bond donors (Lipinski definition) is 1. The number of nitrogens with zero attached hydrogens (tertiary/aromatic N) is 1. The van der Waals surface area contributed by atoms with Crippen LogP contribution in [-0.4, -0.2) is 42.8 Å². The second-order valence-corrected chi connectivity index (χ2v) is 4.48. The van der Waals surface area contributed by atoms with Crippen molar-refractivity contribution in [1.29, 1.82) is 0 Å². The van der Waals surface area contributed by atoms with Crippen LogP contribution in [-0.2, 0) is 16.1 Å². The summed E-state index contributed by atoms with van der Waals surface area (Å²) in [6.45, 7) is 3.79. The molecule has 0 fully saturated rings. The number of carbonyl (C=O) groups is 2. The minimum atomic E-state index is -1.06. The quantitative estimate of drug-likeness (QED) is 0.781. The fourth-order valence-electron chi connectivity index (χ4n) is 1.48. The molecule has 6 nitrogen and oxygen atoms in total. The smallest absolute Gasteiger partial charge is 0.409 e. The van der Waals surface area contributed by atoms with Gasteiger partial charge in [0.2, 0.25) is 0 Å².